The standard InChI is InChI=1S/C13H23NO3/c1-6-8-14(11(5)15)12(9-10(3)4)13(16)17-7-2/h12H,3,6-9H2,1-2,4-5H3. The highest BCUT2D eigenvalue weighted by Crippen LogP contribution is 2.13. The van der Waals surface area contributed by atoms with E-state index in [2.05, 4.69) is 6.58 Å². The molecule has 0 spiro atoms. The van der Waals surface area contributed by atoms with E-state index in [4.69, 9.17) is 4.74 Å². The van der Waals surface area contributed by atoms with Gasteiger partial charge in [-0.05, 0) is 26.7 Å². The summed E-state index contributed by atoms with van der Waals surface area (Å²) in [5, 5.41) is 0. The molecule has 0 radical (unpaired) electrons. The Balaban J connectivity index is 4.90. The molecular formula is C13H23NO3. The van der Waals surface area contributed by atoms with E-state index < -0.39 is 6.04 Å². The van der Waals surface area contributed by atoms with Crippen LogP contribution in [0.2, 0.25) is 0 Å². The lowest BCUT2D eigenvalue weighted by Gasteiger charge is -2.29. The summed E-state index contributed by atoms with van der Waals surface area (Å²) >= 11 is 0. The first kappa shape index (κ1) is 15.7. The molecule has 4 heteroatoms. The Morgan fingerprint density at radius 1 is 1.29 bits per heavy atom. The van der Waals surface area contributed by atoms with Gasteiger partial charge in [-0.3, -0.25) is 4.79 Å². The summed E-state index contributed by atoms with van der Waals surface area (Å²) in [7, 11) is 0. The first-order chi connectivity index (χ1) is 7.93. The Morgan fingerprint density at radius 2 is 1.88 bits per heavy atom. The van der Waals surface area contributed by atoms with Crippen LogP contribution in [0.1, 0.15) is 40.5 Å². The van der Waals surface area contributed by atoms with Gasteiger partial charge in [-0.25, -0.2) is 4.79 Å². The van der Waals surface area contributed by atoms with Gasteiger partial charge in [-0.2, -0.15) is 0 Å². The molecule has 0 rings (SSSR count). The maximum atomic E-state index is 11.8. The fraction of sp³-hybridized carbons (Fsp3) is 0.692. The molecule has 1 amide bonds. The predicted octanol–water partition coefficient (Wildman–Crippen LogP) is 2.14. The molecule has 0 fully saturated rings. The van der Waals surface area contributed by atoms with Crippen molar-refractivity contribution >= 4 is 11.9 Å². The largest absolute Gasteiger partial charge is 0.464 e. The minimum atomic E-state index is -0.537. The van der Waals surface area contributed by atoms with Crippen molar-refractivity contribution in [2.75, 3.05) is 13.2 Å². The van der Waals surface area contributed by atoms with E-state index >= 15 is 0 Å². The lowest BCUT2D eigenvalue weighted by Crippen LogP contribution is -2.45. The summed E-state index contributed by atoms with van der Waals surface area (Å²) in [6, 6.07) is -0.537. The molecule has 4 nitrogen and oxygen atoms in total. The third kappa shape index (κ3) is 5.52. The fourth-order valence-electron chi connectivity index (χ4n) is 1.66. The van der Waals surface area contributed by atoms with Crippen LogP contribution < -0.4 is 0 Å². The van der Waals surface area contributed by atoms with Gasteiger partial charge in [0, 0.05) is 13.5 Å². The van der Waals surface area contributed by atoms with Crippen molar-refractivity contribution in [3.05, 3.63) is 12.2 Å². The Kier molecular flexibility index (Phi) is 7.26. The van der Waals surface area contributed by atoms with Gasteiger partial charge in [0.2, 0.25) is 5.91 Å². The molecule has 0 aromatic rings. The maximum absolute atomic E-state index is 11.8. The normalized spacial score (nSPS) is 11.8. The summed E-state index contributed by atoms with van der Waals surface area (Å²) in [6.45, 7) is 11.7. The molecule has 1 unspecified atom stereocenters. The van der Waals surface area contributed by atoms with Crippen LogP contribution in [0.4, 0.5) is 0 Å². The fourth-order valence-corrected chi connectivity index (χ4v) is 1.66. The molecule has 0 N–H and O–H groups in total. The molecule has 0 saturated heterocycles. The molecular weight excluding hydrogens is 218 g/mol. The molecule has 0 aliphatic rings. The molecule has 0 saturated carbocycles. The zero-order valence-electron chi connectivity index (χ0n) is 11.3. The second-order valence-corrected chi connectivity index (χ2v) is 4.14. The number of esters is 1. The summed E-state index contributed by atoms with van der Waals surface area (Å²) in [4.78, 5) is 25.0. The Labute approximate surface area is 104 Å². The average Bonchev–Trinajstić information content (AvgIpc) is 2.22. The molecule has 98 valence electrons. The Hall–Kier alpha value is -1.32. The number of hydrogen-bond donors (Lipinski definition) is 0. The van der Waals surface area contributed by atoms with Crippen molar-refractivity contribution in [2.24, 2.45) is 0 Å². The topological polar surface area (TPSA) is 46.6 Å². The van der Waals surface area contributed by atoms with Crippen molar-refractivity contribution in [1.29, 1.82) is 0 Å². The zero-order chi connectivity index (χ0) is 13.4. The summed E-state index contributed by atoms with van der Waals surface area (Å²) < 4.78 is 5.01. The maximum Gasteiger partial charge on any atom is 0.329 e. The van der Waals surface area contributed by atoms with Gasteiger partial charge in [0.15, 0.2) is 0 Å². The average molecular weight is 241 g/mol. The van der Waals surface area contributed by atoms with E-state index in [1.807, 2.05) is 13.8 Å². The number of carbonyl (C=O) groups is 2. The highest BCUT2D eigenvalue weighted by molar-refractivity contribution is 5.83. The summed E-state index contributed by atoms with van der Waals surface area (Å²) in [5.74, 6) is -0.453. The number of rotatable bonds is 7. The van der Waals surface area contributed by atoms with E-state index in [0.29, 0.717) is 19.6 Å². The lowest BCUT2D eigenvalue weighted by atomic mass is 10.1. The number of amides is 1. The Morgan fingerprint density at radius 3 is 2.24 bits per heavy atom. The molecule has 17 heavy (non-hydrogen) atoms. The van der Waals surface area contributed by atoms with Crippen LogP contribution in [0.15, 0.2) is 12.2 Å². The van der Waals surface area contributed by atoms with Gasteiger partial charge >= 0.3 is 5.97 Å². The van der Waals surface area contributed by atoms with Gasteiger partial charge in [0.05, 0.1) is 6.61 Å². The van der Waals surface area contributed by atoms with E-state index in [1.54, 1.807) is 11.8 Å². The number of ether oxygens (including phenoxy) is 1. The minimum Gasteiger partial charge on any atom is -0.464 e. The van der Waals surface area contributed by atoms with Crippen molar-refractivity contribution in [1.82, 2.24) is 4.90 Å². The van der Waals surface area contributed by atoms with Crippen LogP contribution in [0.5, 0.6) is 0 Å². The third-order valence-corrected chi connectivity index (χ3v) is 2.35. The second-order valence-electron chi connectivity index (χ2n) is 4.14. The van der Waals surface area contributed by atoms with Crippen LogP contribution in [0.3, 0.4) is 0 Å². The van der Waals surface area contributed by atoms with Crippen molar-refractivity contribution in [3.8, 4) is 0 Å². The monoisotopic (exact) mass is 241 g/mol. The minimum absolute atomic E-state index is 0.105. The molecule has 0 bridgehead atoms. The van der Waals surface area contributed by atoms with Gasteiger partial charge in [-0.1, -0.05) is 12.5 Å². The molecule has 0 aromatic carbocycles. The van der Waals surface area contributed by atoms with E-state index in [0.717, 1.165) is 12.0 Å². The van der Waals surface area contributed by atoms with E-state index in [9.17, 15) is 9.59 Å². The Bertz CT molecular complexity index is 286. The second kappa shape index (κ2) is 7.87. The van der Waals surface area contributed by atoms with Gasteiger partial charge < -0.3 is 9.64 Å². The quantitative estimate of drug-likeness (QED) is 0.507. The van der Waals surface area contributed by atoms with Gasteiger partial charge in [0.1, 0.15) is 6.04 Å². The number of hydrogen-bond acceptors (Lipinski definition) is 3. The molecule has 0 aliphatic heterocycles. The van der Waals surface area contributed by atoms with Gasteiger partial charge in [-0.15, -0.1) is 6.58 Å². The van der Waals surface area contributed by atoms with Gasteiger partial charge in [0.25, 0.3) is 0 Å². The molecule has 0 aromatic heterocycles. The zero-order valence-corrected chi connectivity index (χ0v) is 11.3. The van der Waals surface area contributed by atoms with Crippen molar-refractivity contribution in [3.63, 3.8) is 0 Å². The molecule has 1 atom stereocenters. The first-order valence-corrected chi connectivity index (χ1v) is 6.02. The van der Waals surface area contributed by atoms with Crippen molar-refractivity contribution < 1.29 is 14.3 Å². The summed E-state index contributed by atoms with van der Waals surface area (Å²) in [5.41, 5.74) is 0.866. The van der Waals surface area contributed by atoms with Crippen LogP contribution in [0.25, 0.3) is 0 Å². The van der Waals surface area contributed by atoms with E-state index in [1.165, 1.54) is 6.92 Å². The van der Waals surface area contributed by atoms with Crippen LogP contribution in [-0.4, -0.2) is 36.0 Å². The molecule has 0 aliphatic carbocycles. The smallest absolute Gasteiger partial charge is 0.329 e. The number of nitrogens with zero attached hydrogens (tertiary/aromatic N) is 1. The van der Waals surface area contributed by atoms with Crippen LogP contribution in [-0.2, 0) is 14.3 Å². The highest BCUT2D eigenvalue weighted by atomic mass is 16.5. The number of carbonyl (C=O) groups excluding carboxylic acids is 2. The lowest BCUT2D eigenvalue weighted by molar-refractivity contribution is -0.154. The van der Waals surface area contributed by atoms with E-state index in [-0.39, 0.29) is 11.9 Å². The molecule has 0 heterocycles. The van der Waals surface area contributed by atoms with Crippen LogP contribution >= 0.6 is 0 Å². The van der Waals surface area contributed by atoms with Crippen molar-refractivity contribution in [2.45, 2.75) is 46.6 Å². The SMILES string of the molecule is C=C(C)CC(C(=O)OCC)N(CCC)C(C)=O. The third-order valence-electron chi connectivity index (χ3n) is 2.35. The first-order valence-electron chi connectivity index (χ1n) is 6.02. The highest BCUT2D eigenvalue weighted by Gasteiger charge is 2.28. The van der Waals surface area contributed by atoms with Crippen LogP contribution in [0, 0.1) is 0 Å². The predicted molar refractivity (Wildman–Crippen MR) is 67.5 cm³/mol. The summed E-state index contributed by atoms with van der Waals surface area (Å²) in [6.07, 6.45) is 1.27.